The monoisotopic (exact) mass is 381 g/mol. The van der Waals surface area contributed by atoms with E-state index in [2.05, 4.69) is 41.0 Å². The number of hydrogen-bond acceptors (Lipinski definition) is 6. The normalized spacial score (nSPS) is 11.1. The molecule has 1 heterocycles. The van der Waals surface area contributed by atoms with Crippen molar-refractivity contribution in [2.75, 3.05) is 21.3 Å². The van der Waals surface area contributed by atoms with Crippen LogP contribution < -0.4 is 9.47 Å². The van der Waals surface area contributed by atoms with Crippen LogP contribution in [0.2, 0.25) is 0 Å². The van der Waals surface area contributed by atoms with E-state index in [-0.39, 0.29) is 0 Å². The third-order valence-corrected chi connectivity index (χ3v) is 4.78. The highest BCUT2D eigenvalue weighted by atomic mass is 16.5. The molecule has 6 heteroatoms. The zero-order chi connectivity index (χ0) is 20.1. The number of methoxy groups -OCH3 is 2. The van der Waals surface area contributed by atoms with E-state index in [9.17, 15) is 0 Å². The fraction of sp³-hybridized carbons (Fsp3) is 0.364. The molecule has 3 aromatic rings. The molecule has 0 unspecified atom stereocenters. The van der Waals surface area contributed by atoms with Crippen LogP contribution in [0.5, 0.6) is 11.5 Å². The van der Waals surface area contributed by atoms with Gasteiger partial charge >= 0.3 is 0 Å². The molecule has 0 saturated heterocycles. The molecule has 0 saturated carbocycles. The minimum absolute atomic E-state index is 0.563. The number of ether oxygens (including phenoxy) is 2. The highest BCUT2D eigenvalue weighted by Crippen LogP contribution is 2.30. The maximum absolute atomic E-state index is 5.45. The van der Waals surface area contributed by atoms with Gasteiger partial charge in [0.1, 0.15) is 0 Å². The van der Waals surface area contributed by atoms with Gasteiger partial charge in [0.05, 0.1) is 20.8 Å². The molecule has 0 amide bonds. The van der Waals surface area contributed by atoms with Crippen LogP contribution in [0.1, 0.15) is 29.5 Å². The molecule has 2 aromatic carbocycles. The van der Waals surface area contributed by atoms with E-state index in [0.717, 1.165) is 41.2 Å². The molecular weight excluding hydrogens is 354 g/mol. The van der Waals surface area contributed by atoms with Gasteiger partial charge in [-0.1, -0.05) is 36.3 Å². The first-order valence-electron chi connectivity index (χ1n) is 9.36. The predicted molar refractivity (Wildman–Crippen MR) is 109 cm³/mol. The smallest absolute Gasteiger partial charge is 0.241 e. The zero-order valence-corrected chi connectivity index (χ0v) is 17.2. The van der Waals surface area contributed by atoms with Crippen LogP contribution in [0, 0.1) is 6.92 Å². The summed E-state index contributed by atoms with van der Waals surface area (Å²) in [6.45, 7) is 5.50. The van der Waals surface area contributed by atoms with Crippen LogP contribution in [0.25, 0.3) is 11.4 Å². The van der Waals surface area contributed by atoms with Gasteiger partial charge in [-0.25, -0.2) is 0 Å². The fourth-order valence-electron chi connectivity index (χ4n) is 3.10. The van der Waals surface area contributed by atoms with Gasteiger partial charge in [0.15, 0.2) is 11.5 Å². The Morgan fingerprint density at radius 2 is 1.68 bits per heavy atom. The zero-order valence-electron chi connectivity index (χ0n) is 17.2. The minimum Gasteiger partial charge on any atom is -0.493 e. The van der Waals surface area contributed by atoms with Gasteiger partial charge < -0.3 is 14.0 Å². The average Bonchev–Trinajstić information content (AvgIpc) is 3.17. The Kier molecular flexibility index (Phi) is 6.31. The Morgan fingerprint density at radius 1 is 1.00 bits per heavy atom. The summed E-state index contributed by atoms with van der Waals surface area (Å²) < 4.78 is 16.2. The van der Waals surface area contributed by atoms with Crippen molar-refractivity contribution in [2.45, 2.75) is 33.4 Å². The summed E-state index contributed by atoms with van der Waals surface area (Å²) in [6.07, 6.45) is 1.01. The van der Waals surface area contributed by atoms with Crippen molar-refractivity contribution in [3.05, 3.63) is 59.0 Å². The van der Waals surface area contributed by atoms with Crippen LogP contribution >= 0.6 is 0 Å². The van der Waals surface area contributed by atoms with Crippen LogP contribution in [0.4, 0.5) is 0 Å². The van der Waals surface area contributed by atoms with E-state index >= 15 is 0 Å². The van der Waals surface area contributed by atoms with E-state index in [1.54, 1.807) is 14.2 Å². The summed E-state index contributed by atoms with van der Waals surface area (Å²) in [7, 11) is 5.32. The Morgan fingerprint density at radius 3 is 2.32 bits per heavy atom. The molecule has 1 aromatic heterocycles. The largest absolute Gasteiger partial charge is 0.493 e. The van der Waals surface area contributed by atoms with Crippen LogP contribution in [0.3, 0.4) is 0 Å². The van der Waals surface area contributed by atoms with E-state index in [1.807, 2.05) is 31.3 Å². The lowest BCUT2D eigenvalue weighted by atomic mass is 10.1. The third-order valence-electron chi connectivity index (χ3n) is 4.78. The van der Waals surface area contributed by atoms with Crippen molar-refractivity contribution < 1.29 is 14.0 Å². The number of aryl methyl sites for hydroxylation is 2. The first-order chi connectivity index (χ1) is 13.5. The summed E-state index contributed by atoms with van der Waals surface area (Å²) in [5.41, 5.74) is 4.56. The van der Waals surface area contributed by atoms with Crippen molar-refractivity contribution in [1.82, 2.24) is 15.0 Å². The fourth-order valence-corrected chi connectivity index (χ4v) is 3.10. The lowest BCUT2D eigenvalue weighted by molar-refractivity contribution is 0.260. The molecule has 0 bridgehead atoms. The molecule has 3 rings (SSSR count). The number of hydrogen-bond donors (Lipinski definition) is 0. The van der Waals surface area contributed by atoms with Gasteiger partial charge in [-0.3, -0.25) is 4.90 Å². The van der Waals surface area contributed by atoms with E-state index in [1.165, 1.54) is 5.56 Å². The van der Waals surface area contributed by atoms with Gasteiger partial charge in [0.2, 0.25) is 11.7 Å². The highest BCUT2D eigenvalue weighted by Gasteiger charge is 2.14. The van der Waals surface area contributed by atoms with Gasteiger partial charge in [-0.2, -0.15) is 4.98 Å². The van der Waals surface area contributed by atoms with Gasteiger partial charge in [-0.15, -0.1) is 0 Å². The molecule has 0 N–H and O–H groups in total. The van der Waals surface area contributed by atoms with Crippen molar-refractivity contribution in [1.29, 1.82) is 0 Å². The molecule has 148 valence electrons. The minimum atomic E-state index is 0.563. The quantitative estimate of drug-likeness (QED) is 0.581. The highest BCUT2D eigenvalue weighted by molar-refractivity contribution is 5.54. The lowest BCUT2D eigenvalue weighted by Crippen LogP contribution is -2.18. The molecular formula is C22H27N3O3. The van der Waals surface area contributed by atoms with Crippen molar-refractivity contribution in [2.24, 2.45) is 0 Å². The Bertz CT molecular complexity index is 919. The van der Waals surface area contributed by atoms with Gasteiger partial charge in [0, 0.05) is 12.1 Å². The summed E-state index contributed by atoms with van der Waals surface area (Å²) >= 11 is 0. The molecule has 0 aliphatic heterocycles. The lowest BCUT2D eigenvalue weighted by Gasteiger charge is -2.18. The Balaban J connectivity index is 1.68. The molecule has 0 atom stereocenters. The number of benzene rings is 2. The topological polar surface area (TPSA) is 60.6 Å². The van der Waals surface area contributed by atoms with Crippen LogP contribution in [-0.2, 0) is 19.5 Å². The number of aromatic nitrogens is 2. The molecule has 28 heavy (non-hydrogen) atoms. The third kappa shape index (κ3) is 4.51. The van der Waals surface area contributed by atoms with Crippen LogP contribution in [0.15, 0.2) is 40.9 Å². The molecule has 0 radical (unpaired) electrons. The van der Waals surface area contributed by atoms with E-state index in [0.29, 0.717) is 18.3 Å². The van der Waals surface area contributed by atoms with Crippen LogP contribution in [-0.4, -0.2) is 36.3 Å². The average molecular weight is 381 g/mol. The summed E-state index contributed by atoms with van der Waals surface area (Å²) in [6, 6.07) is 12.3. The number of rotatable bonds is 8. The molecule has 6 nitrogen and oxygen atoms in total. The van der Waals surface area contributed by atoms with Crippen molar-refractivity contribution >= 4 is 0 Å². The molecule has 0 spiro atoms. The standard InChI is InChI=1S/C22H27N3O3/c1-6-16-7-9-17(10-8-16)22-23-21(28-24-22)14-25(3)13-18-12-20(27-5)19(26-4)11-15(18)2/h7-12H,6,13-14H2,1-5H3. The summed E-state index contributed by atoms with van der Waals surface area (Å²) in [5.74, 6) is 2.68. The second kappa shape index (κ2) is 8.89. The molecule has 0 aliphatic carbocycles. The summed E-state index contributed by atoms with van der Waals surface area (Å²) in [4.78, 5) is 6.67. The first-order valence-corrected chi connectivity index (χ1v) is 9.36. The maximum Gasteiger partial charge on any atom is 0.241 e. The Labute approximate surface area is 166 Å². The maximum atomic E-state index is 5.45. The Hall–Kier alpha value is -2.86. The van der Waals surface area contributed by atoms with Gasteiger partial charge in [0.25, 0.3) is 0 Å². The molecule has 0 aliphatic rings. The van der Waals surface area contributed by atoms with Crippen molar-refractivity contribution in [3.8, 4) is 22.9 Å². The van der Waals surface area contributed by atoms with E-state index in [4.69, 9.17) is 14.0 Å². The van der Waals surface area contributed by atoms with E-state index < -0.39 is 0 Å². The second-order valence-electron chi connectivity index (χ2n) is 6.87. The first kappa shape index (κ1) is 19.9. The van der Waals surface area contributed by atoms with Gasteiger partial charge in [-0.05, 0) is 49.2 Å². The SMILES string of the molecule is CCc1ccc(-c2noc(CN(C)Cc3cc(OC)c(OC)cc3C)n2)cc1. The van der Waals surface area contributed by atoms with Crippen molar-refractivity contribution in [3.63, 3.8) is 0 Å². The summed E-state index contributed by atoms with van der Waals surface area (Å²) in [5, 5.41) is 4.12. The molecule has 0 fully saturated rings. The second-order valence-corrected chi connectivity index (χ2v) is 6.87. The number of nitrogens with zero attached hydrogens (tertiary/aromatic N) is 3. The predicted octanol–water partition coefficient (Wildman–Crippen LogP) is 4.26.